The Morgan fingerprint density at radius 1 is 1.12 bits per heavy atom. The lowest BCUT2D eigenvalue weighted by Gasteiger charge is -2.24. The molecule has 0 spiro atoms. The van der Waals surface area contributed by atoms with Gasteiger partial charge in [0.1, 0.15) is 5.82 Å². The van der Waals surface area contributed by atoms with E-state index in [0.717, 1.165) is 11.0 Å². The number of Topliss-reactive ketones (excluding diaryl/α,β-unsaturated/α-hetero) is 1. The summed E-state index contributed by atoms with van der Waals surface area (Å²) in [5, 5.41) is 0. The summed E-state index contributed by atoms with van der Waals surface area (Å²) < 4.78 is 77.2. The number of nitrogens with zero attached hydrogens (tertiary/aromatic N) is 1. The molecule has 0 saturated heterocycles. The molecular weight excluding hydrogens is 464 g/mol. The predicted molar refractivity (Wildman–Crippen MR) is 113 cm³/mol. The lowest BCUT2D eigenvalue weighted by atomic mass is 10.0. The fourth-order valence-corrected chi connectivity index (χ4v) is 5.17. The Morgan fingerprint density at radius 3 is 2.42 bits per heavy atom. The molecule has 3 rings (SSSR count). The highest BCUT2D eigenvalue weighted by molar-refractivity contribution is 7.91. The van der Waals surface area contributed by atoms with Crippen LogP contribution in [0, 0.1) is 5.82 Å². The summed E-state index contributed by atoms with van der Waals surface area (Å²) in [5.74, 6) is -3.35. The van der Waals surface area contributed by atoms with Gasteiger partial charge in [0.25, 0.3) is 0 Å². The molecule has 0 unspecified atom stereocenters. The molecule has 2 aromatic rings. The van der Waals surface area contributed by atoms with Crippen LogP contribution >= 0.6 is 0 Å². The topological polar surface area (TPSA) is 97.5 Å². The summed E-state index contributed by atoms with van der Waals surface area (Å²) in [6, 6.07) is 8.86. The Hall–Kier alpha value is -2.79. The molecular formula is C22H22F4N2O4S. The summed E-state index contributed by atoms with van der Waals surface area (Å²) in [6.45, 7) is -0.0687. The first-order valence-electron chi connectivity index (χ1n) is 10.2. The van der Waals surface area contributed by atoms with E-state index in [2.05, 4.69) is 0 Å². The Kier molecular flexibility index (Phi) is 7.23. The van der Waals surface area contributed by atoms with Crippen LogP contribution in [0.4, 0.5) is 23.2 Å². The molecule has 1 aliphatic rings. The monoisotopic (exact) mass is 486 g/mol. The van der Waals surface area contributed by atoms with Crippen molar-refractivity contribution in [2.45, 2.75) is 49.3 Å². The van der Waals surface area contributed by atoms with E-state index in [-0.39, 0.29) is 31.5 Å². The first-order valence-corrected chi connectivity index (χ1v) is 11.8. The fraction of sp³-hybridized carbons (Fsp3) is 0.364. The normalized spacial score (nSPS) is 18.0. The van der Waals surface area contributed by atoms with Gasteiger partial charge in [-0.05, 0) is 30.5 Å². The number of carbonyl (C=O) groups is 2. The molecule has 6 nitrogen and oxygen atoms in total. The minimum atomic E-state index is -4.36. The smallest absolute Gasteiger partial charge is 0.319 e. The van der Waals surface area contributed by atoms with Crippen molar-refractivity contribution < 1.29 is 35.6 Å². The van der Waals surface area contributed by atoms with Gasteiger partial charge in [-0.3, -0.25) is 9.59 Å². The van der Waals surface area contributed by atoms with Gasteiger partial charge >= 0.3 is 6.18 Å². The highest BCUT2D eigenvalue weighted by Crippen LogP contribution is 2.34. The molecule has 0 bridgehead atoms. The molecule has 0 saturated carbocycles. The van der Waals surface area contributed by atoms with Crippen molar-refractivity contribution in [2.24, 2.45) is 5.73 Å². The minimum Gasteiger partial charge on any atom is -0.319 e. The molecule has 1 amide bonds. The van der Waals surface area contributed by atoms with E-state index in [1.807, 2.05) is 0 Å². The maximum absolute atomic E-state index is 14.8. The highest BCUT2D eigenvalue weighted by Gasteiger charge is 2.37. The van der Waals surface area contributed by atoms with Crippen molar-refractivity contribution in [3.8, 4) is 0 Å². The quantitative estimate of drug-likeness (QED) is 0.365. The summed E-state index contributed by atoms with van der Waals surface area (Å²) in [5.41, 5.74) is 5.78. The van der Waals surface area contributed by atoms with Crippen LogP contribution in [-0.2, 0) is 21.2 Å². The van der Waals surface area contributed by atoms with Crippen LogP contribution in [-0.4, -0.2) is 38.1 Å². The van der Waals surface area contributed by atoms with Crippen molar-refractivity contribution >= 4 is 27.2 Å². The van der Waals surface area contributed by atoms with Crippen molar-refractivity contribution in [3.05, 3.63) is 59.4 Å². The third-order valence-corrected chi connectivity index (χ3v) is 7.05. The molecule has 0 radical (unpaired) electrons. The molecule has 1 heterocycles. The van der Waals surface area contributed by atoms with Gasteiger partial charge in [-0.1, -0.05) is 30.3 Å². The van der Waals surface area contributed by atoms with Crippen LogP contribution in [0.1, 0.15) is 41.6 Å². The van der Waals surface area contributed by atoms with Crippen molar-refractivity contribution in [1.29, 1.82) is 0 Å². The fourth-order valence-electron chi connectivity index (χ4n) is 3.61. The Labute approximate surface area is 188 Å². The van der Waals surface area contributed by atoms with Crippen molar-refractivity contribution in [1.82, 2.24) is 0 Å². The average Bonchev–Trinajstić information content (AvgIpc) is 2.79. The molecule has 1 atom stereocenters. The van der Waals surface area contributed by atoms with E-state index >= 15 is 0 Å². The van der Waals surface area contributed by atoms with Crippen LogP contribution in [0.25, 0.3) is 0 Å². The van der Waals surface area contributed by atoms with Crippen LogP contribution in [0.3, 0.4) is 0 Å². The number of nitrogens with two attached hydrogens (primary N) is 1. The number of sulfone groups is 1. The van der Waals surface area contributed by atoms with Gasteiger partial charge in [-0.25, -0.2) is 12.8 Å². The van der Waals surface area contributed by atoms with Gasteiger partial charge < -0.3 is 10.6 Å². The third-order valence-electron chi connectivity index (χ3n) is 5.25. The molecule has 33 heavy (non-hydrogen) atoms. The number of hydrogen-bond donors (Lipinski definition) is 1. The molecule has 1 aliphatic heterocycles. The van der Waals surface area contributed by atoms with Gasteiger partial charge in [-0.2, -0.15) is 13.2 Å². The molecule has 2 aromatic carbocycles. The number of hydrogen-bond acceptors (Lipinski definition) is 5. The van der Waals surface area contributed by atoms with E-state index in [4.69, 9.17) is 5.73 Å². The zero-order chi connectivity index (χ0) is 24.4. The van der Waals surface area contributed by atoms with Crippen LogP contribution in [0.2, 0.25) is 0 Å². The predicted octanol–water partition coefficient (Wildman–Crippen LogP) is 3.78. The Balaban J connectivity index is 1.99. The Morgan fingerprint density at radius 2 is 1.79 bits per heavy atom. The second kappa shape index (κ2) is 9.60. The maximum Gasteiger partial charge on any atom is 0.389 e. The van der Waals surface area contributed by atoms with E-state index in [9.17, 15) is 35.6 Å². The first kappa shape index (κ1) is 24.8. The summed E-state index contributed by atoms with van der Waals surface area (Å²) in [6.07, 6.45) is -6.20. The summed E-state index contributed by atoms with van der Waals surface area (Å²) in [4.78, 5) is 26.1. The van der Waals surface area contributed by atoms with E-state index in [1.165, 1.54) is 0 Å². The van der Waals surface area contributed by atoms with Gasteiger partial charge in [0.2, 0.25) is 5.91 Å². The number of benzene rings is 2. The number of alkyl halides is 3. The highest BCUT2D eigenvalue weighted by atomic mass is 32.2. The lowest BCUT2D eigenvalue weighted by Crippen LogP contribution is -2.45. The number of unbranched alkanes of at least 4 members (excludes halogenated alkanes) is 1. The molecule has 0 aliphatic carbocycles. The number of rotatable bonds is 7. The molecule has 11 heteroatoms. The molecule has 0 aromatic heterocycles. The van der Waals surface area contributed by atoms with Crippen molar-refractivity contribution in [2.75, 3.05) is 10.7 Å². The zero-order valence-corrected chi connectivity index (χ0v) is 18.3. The van der Waals surface area contributed by atoms with Crippen LogP contribution in [0.5, 0.6) is 0 Å². The number of halogens is 4. The van der Waals surface area contributed by atoms with E-state index in [1.54, 1.807) is 30.3 Å². The Bertz CT molecular complexity index is 1150. The standard InChI is InChI=1S/C22H22F4N2O4S/c23-16-11-20-18(10-15(16)19(29)8-4-5-9-22(24,25)26)28(12-14-6-2-1-3-7-14)21(30)17(27)13-33(20,31)32/h1-3,6-7,10-11,17H,4-5,8-9,12-13,27H2/t17-/m0/s1. The second-order valence-corrected chi connectivity index (χ2v) is 9.85. The number of ketones is 1. The summed E-state index contributed by atoms with van der Waals surface area (Å²) >= 11 is 0. The third kappa shape index (κ3) is 5.97. The summed E-state index contributed by atoms with van der Waals surface area (Å²) in [7, 11) is -4.15. The van der Waals surface area contributed by atoms with Crippen molar-refractivity contribution in [3.63, 3.8) is 0 Å². The number of anilines is 1. The molecule has 178 valence electrons. The maximum atomic E-state index is 14.8. The first-order chi connectivity index (χ1) is 15.4. The van der Waals surface area contributed by atoms with Gasteiger partial charge in [0.05, 0.1) is 34.5 Å². The number of carbonyl (C=O) groups excluding carboxylic acids is 2. The van der Waals surface area contributed by atoms with E-state index < -0.39 is 62.2 Å². The van der Waals surface area contributed by atoms with E-state index in [0.29, 0.717) is 11.6 Å². The van der Waals surface area contributed by atoms with Gasteiger partial charge in [0, 0.05) is 12.8 Å². The number of amides is 1. The SMILES string of the molecule is N[C@H]1CS(=O)(=O)c2cc(F)c(C(=O)CCCCC(F)(F)F)cc2N(Cc2ccccc2)C1=O. The minimum absolute atomic E-state index is 0.0687. The van der Waals surface area contributed by atoms with Crippen LogP contribution < -0.4 is 10.6 Å². The average molecular weight is 486 g/mol. The largest absolute Gasteiger partial charge is 0.389 e. The van der Waals surface area contributed by atoms with Gasteiger partial charge in [-0.15, -0.1) is 0 Å². The van der Waals surface area contributed by atoms with Gasteiger partial charge in [0.15, 0.2) is 15.6 Å². The second-order valence-electron chi connectivity index (χ2n) is 7.84. The molecule has 0 fully saturated rings. The number of fused-ring (bicyclic) bond motifs is 1. The molecule has 2 N–H and O–H groups in total. The van der Waals surface area contributed by atoms with Crippen LogP contribution in [0.15, 0.2) is 47.4 Å². The lowest BCUT2D eigenvalue weighted by molar-refractivity contribution is -0.135. The zero-order valence-electron chi connectivity index (χ0n) is 17.4.